The van der Waals surface area contributed by atoms with Crippen molar-refractivity contribution >= 4 is 51.2 Å². The molecule has 2 rings (SSSR count). The zero-order chi connectivity index (χ0) is 30.0. The highest BCUT2D eigenvalue weighted by atomic mass is 33.1. The lowest BCUT2D eigenvalue weighted by molar-refractivity contribution is -0.144. The largest absolute Gasteiger partial charge is 0.467 e. The van der Waals surface area contributed by atoms with Gasteiger partial charge in [-0.05, 0) is 36.5 Å². The van der Waals surface area contributed by atoms with Crippen molar-refractivity contribution in [1.82, 2.24) is 15.5 Å². The fraction of sp³-hybridized carbons (Fsp3) is 0.607. The third-order valence-corrected chi connectivity index (χ3v) is 8.77. The van der Waals surface area contributed by atoms with E-state index in [1.54, 1.807) is 17.0 Å². The van der Waals surface area contributed by atoms with Crippen LogP contribution in [0.5, 0.6) is 5.75 Å². The molecule has 1 heterocycles. The molecule has 1 saturated heterocycles. The quantitative estimate of drug-likeness (QED) is 0.162. The number of rotatable bonds is 12. The van der Waals surface area contributed by atoms with Gasteiger partial charge in [0.05, 0.1) is 7.11 Å². The van der Waals surface area contributed by atoms with E-state index >= 15 is 0 Å². The highest BCUT2D eigenvalue weighted by molar-refractivity contribution is 8.76. The van der Waals surface area contributed by atoms with E-state index in [0.717, 1.165) is 5.56 Å². The minimum Gasteiger partial charge on any atom is -0.467 e. The minimum atomic E-state index is -0.766. The second-order valence-corrected chi connectivity index (χ2v) is 13.6. The second-order valence-electron chi connectivity index (χ2n) is 11.1. The SMILES string of the molecule is COC(=O)[C@H](CSSC[C@@H](C)NC(=O)C1C(c2ccc(OC(C)=O)cc2)CCN1C(C)=O)NC(=O)CC(C)(C)C. The first-order valence-electron chi connectivity index (χ1n) is 13.2. The van der Waals surface area contributed by atoms with Crippen LogP contribution >= 0.6 is 21.6 Å². The van der Waals surface area contributed by atoms with E-state index in [1.165, 1.54) is 42.5 Å². The maximum absolute atomic E-state index is 13.4. The molecule has 1 aliphatic heterocycles. The Balaban J connectivity index is 1.94. The highest BCUT2D eigenvalue weighted by Gasteiger charge is 2.41. The monoisotopic (exact) mass is 595 g/mol. The predicted octanol–water partition coefficient (Wildman–Crippen LogP) is 3.30. The summed E-state index contributed by atoms with van der Waals surface area (Å²) in [5.41, 5.74) is 0.684. The Bertz CT molecular complexity index is 1060. The molecule has 1 aliphatic rings. The molecule has 1 fully saturated rings. The number of hydrogen-bond donors (Lipinski definition) is 2. The number of nitrogens with zero attached hydrogens (tertiary/aromatic N) is 1. The van der Waals surface area contributed by atoms with Gasteiger partial charge in [0.15, 0.2) is 0 Å². The van der Waals surface area contributed by atoms with Crippen LogP contribution in [-0.4, -0.2) is 77.8 Å². The number of ether oxygens (including phenoxy) is 2. The molecule has 0 spiro atoms. The van der Waals surface area contributed by atoms with Crippen molar-refractivity contribution in [3.63, 3.8) is 0 Å². The van der Waals surface area contributed by atoms with Gasteiger partial charge in [-0.25, -0.2) is 4.79 Å². The maximum Gasteiger partial charge on any atom is 0.329 e. The van der Waals surface area contributed by atoms with Crippen molar-refractivity contribution in [1.29, 1.82) is 0 Å². The Hall–Kier alpha value is -2.73. The van der Waals surface area contributed by atoms with Gasteiger partial charge in [0, 0.05) is 50.3 Å². The Morgan fingerprint density at radius 1 is 1.02 bits per heavy atom. The van der Waals surface area contributed by atoms with E-state index in [9.17, 15) is 24.0 Å². The number of nitrogens with one attached hydrogen (secondary N) is 2. The number of carbonyl (C=O) groups excluding carboxylic acids is 5. The lowest BCUT2D eigenvalue weighted by Crippen LogP contribution is -2.50. The van der Waals surface area contributed by atoms with Crippen molar-refractivity contribution in [2.75, 3.05) is 25.2 Å². The van der Waals surface area contributed by atoms with Crippen LogP contribution < -0.4 is 15.4 Å². The van der Waals surface area contributed by atoms with Gasteiger partial charge in [-0.2, -0.15) is 0 Å². The molecular weight excluding hydrogens is 554 g/mol. The molecule has 0 radical (unpaired) electrons. The average Bonchev–Trinajstić information content (AvgIpc) is 3.30. The van der Waals surface area contributed by atoms with Gasteiger partial charge >= 0.3 is 11.9 Å². The lowest BCUT2D eigenvalue weighted by atomic mass is 9.91. The summed E-state index contributed by atoms with van der Waals surface area (Å²) in [5, 5.41) is 5.78. The average molecular weight is 596 g/mol. The summed E-state index contributed by atoms with van der Waals surface area (Å²) < 4.78 is 9.95. The molecule has 1 aromatic rings. The van der Waals surface area contributed by atoms with Crippen LogP contribution in [0.25, 0.3) is 0 Å². The lowest BCUT2D eigenvalue weighted by Gasteiger charge is -2.28. The highest BCUT2D eigenvalue weighted by Crippen LogP contribution is 2.35. The van der Waals surface area contributed by atoms with E-state index < -0.39 is 24.0 Å². The van der Waals surface area contributed by atoms with Gasteiger partial charge in [-0.15, -0.1) is 0 Å². The second kappa shape index (κ2) is 15.3. The third-order valence-electron chi connectivity index (χ3n) is 6.18. The van der Waals surface area contributed by atoms with Gasteiger partial charge in [0.1, 0.15) is 17.8 Å². The first-order valence-corrected chi connectivity index (χ1v) is 15.7. The molecule has 3 amide bonds. The summed E-state index contributed by atoms with van der Waals surface area (Å²) in [7, 11) is 4.17. The van der Waals surface area contributed by atoms with Crippen molar-refractivity contribution in [2.45, 2.75) is 78.4 Å². The molecule has 0 aromatic heterocycles. The summed E-state index contributed by atoms with van der Waals surface area (Å²) >= 11 is 0. The number of esters is 2. The van der Waals surface area contributed by atoms with Crippen LogP contribution in [0, 0.1) is 5.41 Å². The van der Waals surface area contributed by atoms with Crippen LogP contribution in [0.15, 0.2) is 24.3 Å². The molecular formula is C28H41N3O7S2. The third kappa shape index (κ3) is 10.7. The summed E-state index contributed by atoms with van der Waals surface area (Å²) in [4.78, 5) is 63.0. The molecule has 10 nitrogen and oxygen atoms in total. The van der Waals surface area contributed by atoms with Gasteiger partial charge < -0.3 is 25.0 Å². The van der Waals surface area contributed by atoms with Crippen LogP contribution in [0.3, 0.4) is 0 Å². The molecule has 2 N–H and O–H groups in total. The number of hydrogen-bond acceptors (Lipinski definition) is 9. The van der Waals surface area contributed by atoms with Gasteiger partial charge in [-0.1, -0.05) is 54.5 Å². The van der Waals surface area contributed by atoms with E-state index in [0.29, 0.717) is 30.2 Å². The Kier molecular flexibility index (Phi) is 12.8. The molecule has 1 aromatic carbocycles. The zero-order valence-electron chi connectivity index (χ0n) is 24.3. The maximum atomic E-state index is 13.4. The zero-order valence-corrected chi connectivity index (χ0v) is 25.9. The summed E-state index contributed by atoms with van der Waals surface area (Å²) in [6, 6.07) is 5.38. The number of likely N-dealkylation sites (tertiary alicyclic amines) is 1. The molecule has 4 atom stereocenters. The van der Waals surface area contributed by atoms with Crippen molar-refractivity contribution in [2.24, 2.45) is 5.41 Å². The normalized spacial score (nSPS) is 18.4. The summed E-state index contributed by atoms with van der Waals surface area (Å²) in [6.45, 7) is 11.0. The minimum absolute atomic E-state index is 0.167. The Morgan fingerprint density at radius 3 is 2.20 bits per heavy atom. The van der Waals surface area contributed by atoms with Gasteiger partial charge in [-0.3, -0.25) is 19.2 Å². The fourth-order valence-corrected chi connectivity index (χ4v) is 6.88. The Labute approximate surface area is 244 Å². The summed E-state index contributed by atoms with van der Waals surface area (Å²) in [6.07, 6.45) is 0.927. The molecule has 0 saturated carbocycles. The fourth-order valence-electron chi connectivity index (χ4n) is 4.44. The summed E-state index contributed by atoms with van der Waals surface area (Å²) in [5.74, 6) is -0.433. The van der Waals surface area contributed by atoms with Crippen molar-refractivity contribution < 1.29 is 33.4 Å². The van der Waals surface area contributed by atoms with E-state index in [2.05, 4.69) is 10.6 Å². The van der Waals surface area contributed by atoms with Crippen LogP contribution in [-0.2, 0) is 28.7 Å². The van der Waals surface area contributed by atoms with E-state index in [-0.39, 0.29) is 41.5 Å². The molecule has 12 heteroatoms. The van der Waals surface area contributed by atoms with Crippen LogP contribution in [0.4, 0.5) is 0 Å². The van der Waals surface area contributed by atoms with Crippen molar-refractivity contribution in [3.8, 4) is 5.75 Å². The number of carbonyl (C=O) groups is 5. The number of methoxy groups -OCH3 is 1. The molecule has 222 valence electrons. The first-order chi connectivity index (χ1) is 18.7. The van der Waals surface area contributed by atoms with E-state index in [1.807, 2.05) is 39.8 Å². The first kappa shape index (κ1) is 33.5. The predicted molar refractivity (Wildman–Crippen MR) is 157 cm³/mol. The molecule has 0 bridgehead atoms. The van der Waals surface area contributed by atoms with Crippen LogP contribution in [0.1, 0.15) is 65.9 Å². The Morgan fingerprint density at radius 2 is 1.65 bits per heavy atom. The van der Waals surface area contributed by atoms with Crippen LogP contribution in [0.2, 0.25) is 0 Å². The number of amides is 3. The molecule has 0 aliphatic carbocycles. The molecule has 40 heavy (non-hydrogen) atoms. The molecule has 2 unspecified atom stereocenters. The topological polar surface area (TPSA) is 131 Å². The number of benzene rings is 1. The van der Waals surface area contributed by atoms with Crippen molar-refractivity contribution in [3.05, 3.63) is 29.8 Å². The standard InChI is InChI=1S/C28H41N3O7S2/c1-17(15-39-40-16-23(27(36)37-7)30-24(34)14-28(4,5)6)29-26(35)25-22(12-13-31(25)18(2)32)20-8-10-21(11-9-20)38-19(3)33/h8-11,17,22-23,25H,12-16H2,1-7H3,(H,29,35)(H,30,34)/t17-,22?,23+,25?/m1/s1. The van der Waals surface area contributed by atoms with Gasteiger partial charge in [0.25, 0.3) is 0 Å². The van der Waals surface area contributed by atoms with Gasteiger partial charge in [0.2, 0.25) is 17.7 Å². The smallest absolute Gasteiger partial charge is 0.329 e. The van der Waals surface area contributed by atoms with E-state index in [4.69, 9.17) is 9.47 Å².